The van der Waals surface area contributed by atoms with Crippen LogP contribution in [0.5, 0.6) is 0 Å². The minimum absolute atomic E-state index is 0.277. The van der Waals surface area contributed by atoms with E-state index in [2.05, 4.69) is 4.98 Å². The summed E-state index contributed by atoms with van der Waals surface area (Å²) in [5.74, 6) is 0. The number of rotatable bonds is 2. The van der Waals surface area contributed by atoms with Crippen LogP contribution in [0.15, 0.2) is 0 Å². The molecule has 0 fully saturated rings. The van der Waals surface area contributed by atoms with Crippen molar-refractivity contribution in [1.82, 2.24) is 0 Å². The normalized spacial score (nSPS) is 19.8. The molecule has 0 spiro atoms. The highest BCUT2D eigenvalue weighted by Crippen LogP contribution is 2.17. The summed E-state index contributed by atoms with van der Waals surface area (Å²) in [6.45, 7) is 2.98. The maximum absolute atomic E-state index is 10.2. The Morgan fingerprint density at radius 1 is 1.89 bits per heavy atom. The van der Waals surface area contributed by atoms with Crippen LogP contribution in [0.1, 0.15) is 20.3 Å². The molecule has 0 aromatic heterocycles. The van der Waals surface area contributed by atoms with Crippen molar-refractivity contribution in [3.05, 3.63) is 4.98 Å². The Labute approximate surface area is 56.2 Å². The average Bonchev–Trinajstić information content (AvgIpc) is 1.86. The highest BCUT2D eigenvalue weighted by Gasteiger charge is 2.37. The van der Waals surface area contributed by atoms with Crippen LogP contribution < -0.4 is 0 Å². The fraction of sp³-hybridized carbons (Fsp3) is 1.00. The van der Waals surface area contributed by atoms with Gasteiger partial charge in [-0.2, -0.15) is 0 Å². The van der Waals surface area contributed by atoms with Crippen LogP contribution in [0, 0.1) is 5.39 Å². The van der Waals surface area contributed by atoms with Gasteiger partial charge in [-0.25, -0.2) is 0 Å². The summed E-state index contributed by atoms with van der Waals surface area (Å²) < 4.78 is 20.5. The molecule has 0 aliphatic carbocycles. The molecule has 0 saturated carbocycles. The first-order chi connectivity index (χ1) is 4.06. The van der Waals surface area contributed by atoms with Crippen molar-refractivity contribution in [1.29, 1.82) is 5.39 Å². The van der Waals surface area contributed by atoms with E-state index in [4.69, 9.17) is 5.39 Å². The lowest BCUT2D eigenvalue weighted by Crippen LogP contribution is -2.24. The Hall–Kier alpha value is -0.470. The second-order valence-electron chi connectivity index (χ2n) is 1.86. The van der Waals surface area contributed by atoms with Gasteiger partial charge in [0, 0.05) is 24.4 Å². The molecule has 2 atom stereocenters. The van der Waals surface area contributed by atoms with Gasteiger partial charge < -0.3 is 4.55 Å². The summed E-state index contributed by atoms with van der Waals surface area (Å²) in [4.78, 5) is 1.41. The molecular formula is C4H8N2O2S. The zero-order valence-electron chi connectivity index (χ0n) is 5.33. The molecule has 0 rings (SSSR count). The molecule has 0 aliphatic rings. The van der Waals surface area contributed by atoms with E-state index in [1.165, 1.54) is 6.92 Å². The highest BCUT2D eigenvalue weighted by atomic mass is 32.2. The van der Waals surface area contributed by atoms with E-state index >= 15 is 0 Å². The minimum Gasteiger partial charge on any atom is -0.766 e. The second-order valence-corrected chi connectivity index (χ2v) is 3.21. The molecule has 0 amide bonds. The van der Waals surface area contributed by atoms with E-state index in [0.29, 0.717) is 0 Å². The fourth-order valence-corrected chi connectivity index (χ4v) is 0.524. The van der Waals surface area contributed by atoms with Gasteiger partial charge in [-0.05, 0) is 0 Å². The largest absolute Gasteiger partial charge is 0.766 e. The van der Waals surface area contributed by atoms with Gasteiger partial charge in [0.15, 0.2) is 0 Å². The zero-order chi connectivity index (χ0) is 7.49. The number of diazo groups is 1. The minimum atomic E-state index is -2.34. The van der Waals surface area contributed by atoms with Gasteiger partial charge >= 0.3 is 4.87 Å². The van der Waals surface area contributed by atoms with Crippen LogP contribution in [0.4, 0.5) is 0 Å². The van der Waals surface area contributed by atoms with E-state index in [1.807, 2.05) is 0 Å². The summed E-state index contributed by atoms with van der Waals surface area (Å²) in [7, 11) is 0. The van der Waals surface area contributed by atoms with E-state index in [-0.39, 0.29) is 6.42 Å². The van der Waals surface area contributed by atoms with Crippen LogP contribution in [-0.4, -0.2) is 13.6 Å². The monoisotopic (exact) mass is 148 g/mol. The first kappa shape index (κ1) is 8.53. The smallest absolute Gasteiger partial charge is 0.380 e. The first-order valence-electron chi connectivity index (χ1n) is 2.52. The molecule has 0 radical (unpaired) electrons. The third kappa shape index (κ3) is 1.73. The predicted molar refractivity (Wildman–Crippen MR) is 32.7 cm³/mol. The molecule has 0 saturated heterocycles. The van der Waals surface area contributed by atoms with E-state index in [0.717, 1.165) is 0 Å². The van der Waals surface area contributed by atoms with Crippen molar-refractivity contribution >= 4 is 11.1 Å². The van der Waals surface area contributed by atoms with Gasteiger partial charge in [0.25, 0.3) is 0 Å². The first-order valence-corrected chi connectivity index (χ1v) is 3.60. The Kier molecular flexibility index (Phi) is 2.74. The maximum Gasteiger partial charge on any atom is 0.380 e. The third-order valence-electron chi connectivity index (χ3n) is 1.23. The summed E-state index contributed by atoms with van der Waals surface area (Å²) in [6, 6.07) is 0. The Bertz CT molecular complexity index is 164. The standard InChI is InChI=1S/C4H8N2O2S/c1-3-4(2,6-5)9(7)8/h3H2,1-2H3. The van der Waals surface area contributed by atoms with Crippen molar-refractivity contribution < 1.29 is 8.76 Å². The molecule has 0 bridgehead atoms. The molecule has 0 aromatic rings. The van der Waals surface area contributed by atoms with Crippen molar-refractivity contribution in [2.24, 2.45) is 0 Å². The van der Waals surface area contributed by atoms with Crippen molar-refractivity contribution in [2.75, 3.05) is 0 Å². The molecule has 0 N–H and O–H groups in total. The Morgan fingerprint density at radius 2 is 2.33 bits per heavy atom. The van der Waals surface area contributed by atoms with Crippen LogP contribution in [0.3, 0.4) is 0 Å². The lowest BCUT2D eigenvalue weighted by atomic mass is 10.3. The number of hydrogen-bond acceptors (Lipinski definition) is 3. The van der Waals surface area contributed by atoms with Crippen LogP contribution in [-0.2, 0) is 11.1 Å². The summed E-state index contributed by atoms with van der Waals surface area (Å²) in [6.07, 6.45) is 0.277. The van der Waals surface area contributed by atoms with Gasteiger partial charge in [-0.1, -0.05) is 6.92 Å². The lowest BCUT2D eigenvalue weighted by molar-refractivity contribution is 0.500. The van der Waals surface area contributed by atoms with Crippen LogP contribution in [0.25, 0.3) is 4.98 Å². The maximum atomic E-state index is 10.2. The number of hydrogen-bond donors (Lipinski definition) is 0. The summed E-state index contributed by atoms with van der Waals surface area (Å²) in [5.41, 5.74) is 0. The molecule has 4 nitrogen and oxygen atoms in total. The van der Waals surface area contributed by atoms with Crippen molar-refractivity contribution in [3.8, 4) is 0 Å². The predicted octanol–water partition coefficient (Wildman–Crippen LogP) is 0.845. The topological polar surface area (TPSA) is 68.3 Å². The zero-order valence-corrected chi connectivity index (χ0v) is 6.14. The quantitative estimate of drug-likeness (QED) is 0.430. The molecule has 2 unspecified atom stereocenters. The molecule has 5 heteroatoms. The van der Waals surface area contributed by atoms with Crippen LogP contribution >= 0.6 is 0 Å². The van der Waals surface area contributed by atoms with Crippen LogP contribution in [0.2, 0.25) is 0 Å². The molecule has 0 aliphatic heterocycles. The second kappa shape index (κ2) is 2.90. The number of nitrogens with zero attached hydrogens (tertiary/aromatic N) is 2. The molecule has 9 heavy (non-hydrogen) atoms. The van der Waals surface area contributed by atoms with E-state index in [9.17, 15) is 8.76 Å². The van der Waals surface area contributed by atoms with Gasteiger partial charge in [0.2, 0.25) is 5.39 Å². The average molecular weight is 148 g/mol. The van der Waals surface area contributed by atoms with Crippen molar-refractivity contribution in [3.63, 3.8) is 0 Å². The third-order valence-corrected chi connectivity index (χ3v) is 2.32. The SMILES string of the molecule is CCC(C)([N+]#N)S(=O)[O-]. The molecular weight excluding hydrogens is 140 g/mol. The lowest BCUT2D eigenvalue weighted by Gasteiger charge is -2.09. The van der Waals surface area contributed by atoms with Gasteiger partial charge in [0.1, 0.15) is 4.98 Å². The van der Waals surface area contributed by atoms with Gasteiger partial charge in [-0.15, -0.1) is 0 Å². The fourth-order valence-electron chi connectivity index (χ4n) is 0.222. The Balaban J connectivity index is 4.33. The Morgan fingerprint density at radius 3 is 2.33 bits per heavy atom. The molecule has 52 valence electrons. The summed E-state index contributed by atoms with van der Waals surface area (Å²) >= 11 is -2.34. The van der Waals surface area contributed by atoms with Crippen molar-refractivity contribution in [2.45, 2.75) is 25.1 Å². The van der Waals surface area contributed by atoms with Gasteiger partial charge in [0.05, 0.1) is 0 Å². The van der Waals surface area contributed by atoms with E-state index in [1.54, 1.807) is 6.92 Å². The van der Waals surface area contributed by atoms with E-state index < -0.39 is 16.0 Å². The van der Waals surface area contributed by atoms with Gasteiger partial charge in [-0.3, -0.25) is 4.21 Å². The molecule has 0 aromatic carbocycles. The molecule has 0 heterocycles. The summed E-state index contributed by atoms with van der Waals surface area (Å²) in [5, 5.41) is 8.19. The highest BCUT2D eigenvalue weighted by molar-refractivity contribution is 7.80.